The van der Waals surface area contributed by atoms with Gasteiger partial charge in [0.2, 0.25) is 0 Å². The van der Waals surface area contributed by atoms with Gasteiger partial charge in [-0.3, -0.25) is 0 Å². The molecule has 0 aliphatic rings. The van der Waals surface area contributed by atoms with Crippen molar-refractivity contribution < 1.29 is 40.3 Å². The Labute approximate surface area is 220 Å². The molecule has 1 aromatic heterocycles. The molecule has 1 N–H and O–H groups in total. The Balaban J connectivity index is 0.000000503. The molecule has 208 valence electrons. The number of hydrogen-bond acceptors (Lipinski definition) is 3. The predicted molar refractivity (Wildman–Crippen MR) is 134 cm³/mol. The molecule has 0 saturated heterocycles. The van der Waals surface area contributed by atoms with Crippen molar-refractivity contribution in [3.05, 3.63) is 76.2 Å². The van der Waals surface area contributed by atoms with Gasteiger partial charge < -0.3 is 19.5 Å². The number of alkyl halides is 6. The minimum absolute atomic E-state index is 0.0841. The third-order valence-electron chi connectivity index (χ3n) is 4.94. The van der Waals surface area contributed by atoms with Gasteiger partial charge in [-0.15, -0.1) is 0 Å². The van der Waals surface area contributed by atoms with Crippen molar-refractivity contribution in [1.82, 2.24) is 9.88 Å². The van der Waals surface area contributed by atoms with Crippen LogP contribution in [0.4, 0.5) is 30.7 Å². The molecule has 0 aliphatic heterocycles. The fourth-order valence-electron chi connectivity index (χ4n) is 3.13. The fourth-order valence-corrected chi connectivity index (χ4v) is 3.41. The van der Waals surface area contributed by atoms with Crippen LogP contribution in [-0.4, -0.2) is 43.1 Å². The number of aromatic nitrogens is 1. The molecule has 0 amide bonds. The Morgan fingerprint density at radius 2 is 1.68 bits per heavy atom. The molecular weight excluding hydrogens is 541 g/mol. The fraction of sp³-hybridized carbons (Fsp3) is 0.308. The second-order valence-electron chi connectivity index (χ2n) is 7.97. The van der Waals surface area contributed by atoms with E-state index in [2.05, 4.69) is 5.32 Å². The van der Waals surface area contributed by atoms with Crippen molar-refractivity contribution in [2.45, 2.75) is 31.6 Å². The zero-order chi connectivity index (χ0) is 29.1. The lowest BCUT2D eigenvalue weighted by Gasteiger charge is -2.18. The molecule has 0 fully saturated rings. The Hall–Kier alpha value is -3.18. The average molecular weight is 567 g/mol. The lowest BCUT2D eigenvalue weighted by molar-refractivity contribution is -0.144. The van der Waals surface area contributed by atoms with Gasteiger partial charge in [0.25, 0.3) is 0 Å². The molecule has 0 radical (unpaired) electrons. The molecule has 0 aliphatic carbocycles. The topological polar surface area (TPSA) is 51.1 Å². The van der Waals surface area contributed by atoms with Crippen LogP contribution in [0, 0.1) is 12.7 Å². The number of carbonyl (C=O) groups excluding carboxylic acids is 2. The average Bonchev–Trinajstić information content (AvgIpc) is 3.17. The summed E-state index contributed by atoms with van der Waals surface area (Å²) < 4.78 is 88.7. The van der Waals surface area contributed by atoms with E-state index >= 15 is 0 Å². The molecule has 1 unspecified atom stereocenters. The van der Waals surface area contributed by atoms with Gasteiger partial charge in [-0.2, -0.15) is 26.3 Å². The minimum Gasteiger partial charge on any atom is -0.351 e. The zero-order valence-corrected chi connectivity index (χ0v) is 21.4. The molecule has 0 saturated carbocycles. The van der Waals surface area contributed by atoms with Crippen molar-refractivity contribution >= 4 is 41.2 Å². The number of halogens is 8. The van der Waals surface area contributed by atoms with Crippen LogP contribution >= 0.6 is 11.6 Å². The Kier molecular flexibility index (Phi) is 12.7. The van der Waals surface area contributed by atoms with Crippen molar-refractivity contribution in [2.75, 3.05) is 13.6 Å². The first-order valence-corrected chi connectivity index (χ1v) is 11.4. The number of allylic oxidation sites excluding steroid dienone is 1. The summed E-state index contributed by atoms with van der Waals surface area (Å²) in [5.74, 6) is -2.57. The largest absolute Gasteiger partial charge is 0.399 e. The van der Waals surface area contributed by atoms with Crippen LogP contribution in [0.1, 0.15) is 29.0 Å². The maximum atomic E-state index is 13.6. The third kappa shape index (κ3) is 10.7. The van der Waals surface area contributed by atoms with Gasteiger partial charge in [0.1, 0.15) is 18.4 Å². The predicted octanol–water partition coefficient (Wildman–Crippen LogP) is 7.18. The van der Waals surface area contributed by atoms with Crippen LogP contribution < -0.4 is 5.32 Å². The number of nitrogens with one attached hydrogen (secondary N) is 1. The zero-order valence-electron chi connectivity index (χ0n) is 20.6. The van der Waals surface area contributed by atoms with E-state index in [9.17, 15) is 35.5 Å². The van der Waals surface area contributed by atoms with Crippen LogP contribution in [0.5, 0.6) is 0 Å². The Morgan fingerprint density at radius 1 is 1.03 bits per heavy atom. The van der Waals surface area contributed by atoms with Crippen LogP contribution in [0.25, 0.3) is 17.0 Å². The monoisotopic (exact) mass is 566 g/mol. The van der Waals surface area contributed by atoms with Gasteiger partial charge in [0.05, 0.1) is 23.9 Å². The van der Waals surface area contributed by atoms with Gasteiger partial charge in [-0.1, -0.05) is 35.9 Å². The maximum Gasteiger partial charge on any atom is 0.399 e. The molecule has 0 bridgehead atoms. The van der Waals surface area contributed by atoms with Crippen molar-refractivity contribution in [3.63, 3.8) is 0 Å². The number of likely N-dealkylation sites (N-methyl/N-ethyl adjacent to an activating group) is 1. The van der Waals surface area contributed by atoms with E-state index in [-0.39, 0.29) is 22.4 Å². The lowest BCUT2D eigenvalue weighted by atomic mass is 9.95. The molecule has 12 heteroatoms. The van der Waals surface area contributed by atoms with E-state index in [4.69, 9.17) is 16.4 Å². The third-order valence-corrected chi connectivity index (χ3v) is 5.21. The summed E-state index contributed by atoms with van der Waals surface area (Å²) in [7, 11) is 3.63. The van der Waals surface area contributed by atoms with Gasteiger partial charge in [0, 0.05) is 24.1 Å². The van der Waals surface area contributed by atoms with Crippen molar-refractivity contribution in [3.8, 4) is 0 Å². The molecule has 0 spiro atoms. The summed E-state index contributed by atoms with van der Waals surface area (Å²) in [5.41, 5.74) is 1.65. The van der Waals surface area contributed by atoms with Crippen LogP contribution in [0.15, 0.2) is 48.7 Å². The first kappa shape index (κ1) is 32.8. The number of aldehydes is 2. The number of rotatable bonds is 6. The number of benzene rings is 2. The number of aryl methyl sites for hydroxylation is 2. The summed E-state index contributed by atoms with van der Waals surface area (Å²) in [5, 5.41) is 3.28. The number of carbonyl (C=O) groups is 2. The highest BCUT2D eigenvalue weighted by Crippen LogP contribution is 2.38. The summed E-state index contributed by atoms with van der Waals surface area (Å²) >= 11 is 5.73. The van der Waals surface area contributed by atoms with E-state index in [1.54, 1.807) is 13.1 Å². The summed E-state index contributed by atoms with van der Waals surface area (Å²) in [4.78, 5) is 18.4. The highest BCUT2D eigenvalue weighted by Gasteiger charge is 2.39. The highest BCUT2D eigenvalue weighted by atomic mass is 35.5. The summed E-state index contributed by atoms with van der Waals surface area (Å²) in [6, 6.07) is 9.56. The Bertz CT molecular complexity index is 1210. The number of nitrogens with zero attached hydrogens (tertiary/aromatic N) is 1. The van der Waals surface area contributed by atoms with Gasteiger partial charge in [-0.25, -0.2) is 4.39 Å². The summed E-state index contributed by atoms with van der Waals surface area (Å²) in [6.07, 6.45) is -5.13. The maximum absolute atomic E-state index is 13.6. The standard InChI is InChI=1S/C20H16ClF4N.C3H3F3O.C3H7NO/c1-12-9-15(11-17(21)19(12)22)16(20(23,24)25)5-3-13-4-6-18-14(10-13)7-8-26(18)2;4-3(5,6)1-2-7;1-4-2-3-5/h3-11,16H,1-2H3;2H,1H2;3-4H,2H2,1H3/b5-3+;;. The van der Waals surface area contributed by atoms with Crippen LogP contribution in [0.2, 0.25) is 5.02 Å². The molecule has 1 atom stereocenters. The number of fused-ring (bicyclic) bond motifs is 1. The smallest absolute Gasteiger partial charge is 0.351 e. The van der Waals surface area contributed by atoms with E-state index in [0.717, 1.165) is 29.3 Å². The van der Waals surface area contributed by atoms with Crippen LogP contribution in [0.3, 0.4) is 0 Å². The van der Waals surface area contributed by atoms with Gasteiger partial charge in [-0.05, 0) is 54.9 Å². The normalized spacial score (nSPS) is 12.4. The van der Waals surface area contributed by atoms with E-state index in [0.29, 0.717) is 12.1 Å². The van der Waals surface area contributed by atoms with Gasteiger partial charge in [0.15, 0.2) is 0 Å². The molecule has 3 aromatic rings. The van der Waals surface area contributed by atoms with E-state index < -0.39 is 30.5 Å². The van der Waals surface area contributed by atoms with E-state index in [1.165, 1.54) is 19.1 Å². The Morgan fingerprint density at radius 3 is 2.13 bits per heavy atom. The number of hydrogen-bond donors (Lipinski definition) is 1. The quantitative estimate of drug-likeness (QED) is 0.254. The second kappa shape index (κ2) is 14.7. The first-order valence-electron chi connectivity index (χ1n) is 11.0. The molecular formula is C26H26ClF7N2O2. The molecule has 3 rings (SSSR count). The highest BCUT2D eigenvalue weighted by molar-refractivity contribution is 6.30. The summed E-state index contributed by atoms with van der Waals surface area (Å²) in [6.45, 7) is 1.85. The lowest BCUT2D eigenvalue weighted by Crippen LogP contribution is -2.19. The minimum atomic E-state index is -4.51. The molecule has 1 heterocycles. The van der Waals surface area contributed by atoms with Crippen molar-refractivity contribution in [2.24, 2.45) is 7.05 Å². The second-order valence-corrected chi connectivity index (χ2v) is 8.37. The first-order chi connectivity index (χ1) is 17.6. The van der Waals surface area contributed by atoms with Crippen LogP contribution in [-0.2, 0) is 16.6 Å². The SMILES string of the molecule is CNCC=O.Cc1cc(C(/C=C/c2ccc3c(ccn3C)c2)C(F)(F)F)cc(Cl)c1F.O=CCC(F)(F)F. The molecule has 4 nitrogen and oxygen atoms in total. The van der Waals surface area contributed by atoms with E-state index in [1.807, 2.05) is 36.0 Å². The van der Waals surface area contributed by atoms with Crippen molar-refractivity contribution in [1.29, 1.82) is 0 Å². The molecule has 38 heavy (non-hydrogen) atoms. The van der Waals surface area contributed by atoms with Gasteiger partial charge >= 0.3 is 12.4 Å². The molecule has 2 aromatic carbocycles.